The van der Waals surface area contributed by atoms with E-state index < -0.39 is 11.7 Å². The molecular weight excluding hydrogens is 358 g/mol. The second kappa shape index (κ2) is 8.65. The van der Waals surface area contributed by atoms with Crippen molar-refractivity contribution in [3.05, 3.63) is 34.7 Å². The summed E-state index contributed by atoms with van der Waals surface area (Å²) < 4.78 is 11.0. The van der Waals surface area contributed by atoms with Crippen LogP contribution in [0.3, 0.4) is 0 Å². The number of hydrogen-bond donors (Lipinski definition) is 3. The molecule has 150 valence electrons. The van der Waals surface area contributed by atoms with Crippen LogP contribution in [-0.2, 0) is 4.74 Å². The molecule has 2 aliphatic rings. The van der Waals surface area contributed by atoms with Gasteiger partial charge in [0.25, 0.3) is 0 Å². The van der Waals surface area contributed by atoms with E-state index in [0.717, 1.165) is 37.7 Å². The third-order valence-electron chi connectivity index (χ3n) is 5.52. The van der Waals surface area contributed by atoms with E-state index in [9.17, 15) is 9.59 Å². The quantitative estimate of drug-likeness (QED) is 0.680. The minimum atomic E-state index is -0.552. The lowest BCUT2D eigenvalue weighted by atomic mass is 9.95. The molecule has 7 nitrogen and oxygen atoms in total. The molecule has 1 aliphatic carbocycles. The molecule has 2 aromatic rings. The number of fused-ring (bicyclic) bond motifs is 1. The Hall–Kier alpha value is -2.54. The number of amides is 2. The Morgan fingerprint density at radius 3 is 2.64 bits per heavy atom. The van der Waals surface area contributed by atoms with Crippen molar-refractivity contribution in [2.45, 2.75) is 57.1 Å². The number of carbonyl (C=O) groups excluding carboxylic acids is 1. The summed E-state index contributed by atoms with van der Waals surface area (Å²) >= 11 is 0. The Morgan fingerprint density at radius 1 is 1.04 bits per heavy atom. The van der Waals surface area contributed by atoms with Crippen molar-refractivity contribution in [3.63, 3.8) is 0 Å². The first kappa shape index (κ1) is 18.8. The van der Waals surface area contributed by atoms with E-state index in [4.69, 9.17) is 9.15 Å². The molecule has 0 radical (unpaired) electrons. The van der Waals surface area contributed by atoms with Gasteiger partial charge in [-0.05, 0) is 37.8 Å². The molecule has 4 rings (SSSR count). The van der Waals surface area contributed by atoms with Crippen molar-refractivity contribution in [3.8, 4) is 0 Å². The number of hydrogen-bond acceptors (Lipinski definition) is 5. The highest BCUT2D eigenvalue weighted by atomic mass is 16.5. The summed E-state index contributed by atoms with van der Waals surface area (Å²) in [5.74, 6) is 0. The van der Waals surface area contributed by atoms with E-state index in [1.54, 1.807) is 6.07 Å². The van der Waals surface area contributed by atoms with E-state index in [0.29, 0.717) is 17.8 Å². The molecule has 1 aromatic heterocycles. The largest absolute Gasteiger partial charge is 0.421 e. The molecule has 7 heteroatoms. The van der Waals surface area contributed by atoms with Gasteiger partial charge in [-0.15, -0.1) is 0 Å². The van der Waals surface area contributed by atoms with E-state index in [2.05, 4.69) is 16.0 Å². The van der Waals surface area contributed by atoms with Crippen molar-refractivity contribution < 1.29 is 13.9 Å². The Balaban J connectivity index is 1.58. The van der Waals surface area contributed by atoms with Crippen LogP contribution in [-0.4, -0.2) is 31.3 Å². The number of benzene rings is 1. The van der Waals surface area contributed by atoms with Gasteiger partial charge in [0.15, 0.2) is 5.69 Å². The highest BCUT2D eigenvalue weighted by Gasteiger charge is 2.22. The van der Waals surface area contributed by atoms with Crippen LogP contribution < -0.4 is 21.6 Å². The molecule has 0 spiro atoms. The van der Waals surface area contributed by atoms with Crippen LogP contribution in [0.1, 0.15) is 44.9 Å². The molecule has 3 N–H and O–H groups in total. The van der Waals surface area contributed by atoms with E-state index in [1.807, 2.05) is 18.2 Å². The molecule has 1 atom stereocenters. The fraction of sp³-hybridized carbons (Fsp3) is 0.524. The molecule has 1 aliphatic heterocycles. The third kappa shape index (κ3) is 4.30. The normalized spacial score (nSPS) is 20.2. The lowest BCUT2D eigenvalue weighted by molar-refractivity contribution is 0.112. The average molecular weight is 385 g/mol. The SMILES string of the molecule is O=C(NC[C@@H]1CCCO1)Nc1c(NC2CCCCC2)c2ccccc2oc1=O. The van der Waals surface area contributed by atoms with Gasteiger partial charge in [0.05, 0.1) is 11.8 Å². The van der Waals surface area contributed by atoms with E-state index in [-0.39, 0.29) is 17.8 Å². The molecule has 1 aromatic carbocycles. The topological polar surface area (TPSA) is 92.6 Å². The highest BCUT2D eigenvalue weighted by molar-refractivity contribution is 6.01. The first-order valence-electron chi connectivity index (χ1n) is 10.2. The Bertz CT molecular complexity index is 883. The van der Waals surface area contributed by atoms with Gasteiger partial charge in [-0.25, -0.2) is 9.59 Å². The summed E-state index contributed by atoms with van der Waals surface area (Å²) in [6, 6.07) is 7.26. The summed E-state index contributed by atoms with van der Waals surface area (Å²) in [6.45, 7) is 1.16. The van der Waals surface area contributed by atoms with Crippen molar-refractivity contribution in [2.24, 2.45) is 0 Å². The average Bonchev–Trinajstić information content (AvgIpc) is 3.23. The van der Waals surface area contributed by atoms with Gasteiger partial charge >= 0.3 is 11.7 Å². The molecule has 2 fully saturated rings. The predicted molar refractivity (Wildman–Crippen MR) is 109 cm³/mol. The van der Waals surface area contributed by atoms with Gasteiger partial charge in [0.1, 0.15) is 5.58 Å². The van der Waals surface area contributed by atoms with Crippen LogP contribution in [0.15, 0.2) is 33.5 Å². The van der Waals surface area contributed by atoms with Gasteiger partial charge in [-0.2, -0.15) is 0 Å². The zero-order chi connectivity index (χ0) is 19.3. The zero-order valence-electron chi connectivity index (χ0n) is 16.0. The standard InChI is InChI=1S/C21H27N3O4/c25-20-19(24-21(26)22-13-15-9-6-12-27-15)18(23-14-7-2-1-3-8-14)16-10-4-5-11-17(16)28-20/h4-5,10-11,14-15,23H,1-3,6-9,12-13H2,(H2,22,24,26)/t15-/m0/s1. The molecule has 0 bridgehead atoms. The van der Waals surface area contributed by atoms with Crippen LogP contribution in [0.4, 0.5) is 16.2 Å². The minimum absolute atomic E-state index is 0.0404. The molecule has 2 heterocycles. The molecule has 1 saturated heterocycles. The van der Waals surface area contributed by atoms with Gasteiger partial charge in [-0.3, -0.25) is 5.32 Å². The van der Waals surface area contributed by atoms with E-state index in [1.165, 1.54) is 19.3 Å². The maximum absolute atomic E-state index is 12.6. The Labute approximate surface area is 163 Å². The second-order valence-corrected chi connectivity index (χ2v) is 7.59. The number of urea groups is 1. The minimum Gasteiger partial charge on any atom is -0.421 e. The van der Waals surface area contributed by atoms with Gasteiger partial charge in [0.2, 0.25) is 0 Å². The van der Waals surface area contributed by atoms with Crippen molar-refractivity contribution in [1.29, 1.82) is 0 Å². The summed E-state index contributed by atoms with van der Waals surface area (Å²) in [5, 5.41) is 9.81. The second-order valence-electron chi connectivity index (χ2n) is 7.59. The lowest BCUT2D eigenvalue weighted by Crippen LogP contribution is -2.36. The molecule has 2 amide bonds. The highest BCUT2D eigenvalue weighted by Crippen LogP contribution is 2.31. The maximum Gasteiger partial charge on any atom is 0.362 e. The van der Waals surface area contributed by atoms with Crippen molar-refractivity contribution in [2.75, 3.05) is 23.8 Å². The predicted octanol–water partition coefficient (Wildman–Crippen LogP) is 3.84. The number of para-hydroxylation sites is 1. The summed E-state index contributed by atoms with van der Waals surface area (Å²) in [7, 11) is 0. The van der Waals surface area contributed by atoms with Crippen molar-refractivity contribution in [1.82, 2.24) is 5.32 Å². The number of carbonyl (C=O) groups is 1. The van der Waals surface area contributed by atoms with Crippen LogP contribution in [0.5, 0.6) is 0 Å². The zero-order valence-corrected chi connectivity index (χ0v) is 16.0. The molecule has 28 heavy (non-hydrogen) atoms. The number of rotatable bonds is 5. The summed E-state index contributed by atoms with van der Waals surface area (Å²) in [6.07, 6.45) is 7.68. The van der Waals surface area contributed by atoms with Gasteiger partial charge in [-0.1, -0.05) is 31.4 Å². The smallest absolute Gasteiger partial charge is 0.362 e. The van der Waals surface area contributed by atoms with Crippen molar-refractivity contribution >= 4 is 28.4 Å². The van der Waals surface area contributed by atoms with Crippen LogP contribution in [0, 0.1) is 0 Å². The number of anilines is 2. The first-order chi connectivity index (χ1) is 13.7. The van der Waals surface area contributed by atoms with Gasteiger partial charge in [0, 0.05) is 24.6 Å². The fourth-order valence-electron chi connectivity index (χ4n) is 4.03. The summed E-state index contributed by atoms with van der Waals surface area (Å²) in [5.41, 5.74) is 0.764. The number of ether oxygens (including phenoxy) is 1. The molecule has 1 saturated carbocycles. The van der Waals surface area contributed by atoms with Crippen LogP contribution >= 0.6 is 0 Å². The Kier molecular flexibility index (Phi) is 5.81. The fourth-order valence-corrected chi connectivity index (χ4v) is 4.03. The van der Waals surface area contributed by atoms with E-state index >= 15 is 0 Å². The first-order valence-corrected chi connectivity index (χ1v) is 10.2. The molecule has 0 unspecified atom stereocenters. The maximum atomic E-state index is 12.6. The van der Waals surface area contributed by atoms with Crippen LogP contribution in [0.25, 0.3) is 11.0 Å². The molecular formula is C21H27N3O4. The Morgan fingerprint density at radius 2 is 1.86 bits per heavy atom. The summed E-state index contributed by atoms with van der Waals surface area (Å²) in [4.78, 5) is 25.0. The van der Waals surface area contributed by atoms with Crippen LogP contribution in [0.2, 0.25) is 0 Å². The number of nitrogens with one attached hydrogen (secondary N) is 3. The third-order valence-corrected chi connectivity index (χ3v) is 5.52. The lowest BCUT2D eigenvalue weighted by Gasteiger charge is -2.25. The van der Waals surface area contributed by atoms with Gasteiger partial charge < -0.3 is 19.8 Å². The monoisotopic (exact) mass is 385 g/mol.